The molecule has 0 heterocycles. The summed E-state index contributed by atoms with van der Waals surface area (Å²) in [5.74, 6) is 0.183. The number of aromatic hydroxyl groups is 1. The van der Waals surface area contributed by atoms with Crippen LogP contribution in [0.4, 0.5) is 13.2 Å². The van der Waals surface area contributed by atoms with Gasteiger partial charge in [-0.1, -0.05) is 12.1 Å². The molecule has 1 rings (SSSR count). The minimum Gasteiger partial charge on any atom is -0.508 e. The molecule has 1 aromatic rings. The van der Waals surface area contributed by atoms with Gasteiger partial charge in [-0.3, -0.25) is 0 Å². The molecule has 0 spiro atoms. The smallest absolute Gasteiger partial charge is 0.411 e. The third-order valence-electron chi connectivity index (χ3n) is 1.95. The lowest BCUT2D eigenvalue weighted by Gasteiger charge is -2.08. The number of phenols is 1. The van der Waals surface area contributed by atoms with Crippen molar-refractivity contribution >= 4 is 0 Å². The van der Waals surface area contributed by atoms with Crippen LogP contribution in [0.2, 0.25) is 0 Å². The van der Waals surface area contributed by atoms with Gasteiger partial charge < -0.3 is 15.2 Å². The van der Waals surface area contributed by atoms with E-state index in [9.17, 15) is 13.2 Å². The molecule has 3 nitrogen and oxygen atoms in total. The summed E-state index contributed by atoms with van der Waals surface area (Å²) in [6.07, 6.45) is -4.27. The Morgan fingerprint density at radius 1 is 1.18 bits per heavy atom. The Balaban J connectivity index is 2.07. The van der Waals surface area contributed by atoms with E-state index in [1.165, 1.54) is 0 Å². The monoisotopic (exact) mass is 249 g/mol. The zero-order chi connectivity index (χ0) is 12.7. The third-order valence-corrected chi connectivity index (χ3v) is 1.95. The first-order valence-electron chi connectivity index (χ1n) is 5.10. The molecular formula is C11H14F3NO2. The molecule has 0 aliphatic heterocycles. The molecule has 0 amide bonds. The molecule has 6 heteroatoms. The summed E-state index contributed by atoms with van der Waals surface area (Å²) in [5, 5.41) is 12.0. The summed E-state index contributed by atoms with van der Waals surface area (Å²) >= 11 is 0. The number of phenolic OH excluding ortho intramolecular Hbond substituents is 1. The van der Waals surface area contributed by atoms with Gasteiger partial charge in [0, 0.05) is 13.1 Å². The summed E-state index contributed by atoms with van der Waals surface area (Å²) < 4.78 is 39.5. The van der Waals surface area contributed by atoms with Gasteiger partial charge in [0.15, 0.2) is 0 Å². The van der Waals surface area contributed by atoms with E-state index in [0.717, 1.165) is 5.56 Å². The molecule has 0 aliphatic carbocycles. The topological polar surface area (TPSA) is 41.5 Å². The highest BCUT2D eigenvalue weighted by atomic mass is 19.4. The Labute approximate surface area is 97.2 Å². The molecule has 0 saturated heterocycles. The first-order chi connectivity index (χ1) is 7.97. The van der Waals surface area contributed by atoms with Crippen LogP contribution in [0.15, 0.2) is 24.3 Å². The van der Waals surface area contributed by atoms with E-state index in [-0.39, 0.29) is 12.4 Å². The summed E-state index contributed by atoms with van der Waals surface area (Å²) in [6.45, 7) is -0.335. The maximum atomic E-state index is 11.7. The van der Waals surface area contributed by atoms with Crippen molar-refractivity contribution in [1.82, 2.24) is 5.32 Å². The van der Waals surface area contributed by atoms with E-state index in [1.54, 1.807) is 24.3 Å². The van der Waals surface area contributed by atoms with E-state index in [1.807, 2.05) is 0 Å². The highest BCUT2D eigenvalue weighted by molar-refractivity contribution is 5.25. The number of ether oxygens (including phenoxy) is 1. The van der Waals surface area contributed by atoms with Crippen LogP contribution < -0.4 is 5.32 Å². The van der Waals surface area contributed by atoms with Crippen molar-refractivity contribution in [1.29, 1.82) is 0 Å². The number of hydrogen-bond acceptors (Lipinski definition) is 3. The van der Waals surface area contributed by atoms with Gasteiger partial charge in [-0.2, -0.15) is 13.2 Å². The fourth-order valence-corrected chi connectivity index (χ4v) is 1.18. The number of benzene rings is 1. The van der Waals surface area contributed by atoms with Crippen LogP contribution in [-0.4, -0.2) is 31.0 Å². The van der Waals surface area contributed by atoms with Crippen LogP contribution in [0.1, 0.15) is 5.56 Å². The van der Waals surface area contributed by atoms with Gasteiger partial charge >= 0.3 is 6.18 Å². The molecule has 0 fully saturated rings. The maximum Gasteiger partial charge on any atom is 0.411 e. The van der Waals surface area contributed by atoms with Crippen molar-refractivity contribution in [3.8, 4) is 5.75 Å². The molecule has 17 heavy (non-hydrogen) atoms. The van der Waals surface area contributed by atoms with E-state index in [4.69, 9.17) is 5.11 Å². The Bertz CT molecular complexity index is 324. The summed E-state index contributed by atoms with van der Waals surface area (Å²) in [4.78, 5) is 0. The maximum absolute atomic E-state index is 11.7. The lowest BCUT2D eigenvalue weighted by atomic mass is 10.2. The molecule has 0 aliphatic rings. The Morgan fingerprint density at radius 3 is 2.41 bits per heavy atom. The van der Waals surface area contributed by atoms with E-state index in [2.05, 4.69) is 10.1 Å². The average Bonchev–Trinajstić information content (AvgIpc) is 2.24. The van der Waals surface area contributed by atoms with Gasteiger partial charge in [-0.05, 0) is 17.7 Å². The van der Waals surface area contributed by atoms with Crippen LogP contribution in [-0.2, 0) is 11.3 Å². The average molecular weight is 249 g/mol. The van der Waals surface area contributed by atoms with Crippen LogP contribution in [0.5, 0.6) is 5.75 Å². The number of halogens is 3. The summed E-state index contributed by atoms with van der Waals surface area (Å²) in [6, 6.07) is 6.58. The van der Waals surface area contributed by atoms with E-state index >= 15 is 0 Å². The Hall–Kier alpha value is -1.27. The number of nitrogens with one attached hydrogen (secondary N) is 1. The van der Waals surface area contributed by atoms with Crippen molar-refractivity contribution < 1.29 is 23.0 Å². The van der Waals surface area contributed by atoms with Crippen LogP contribution >= 0.6 is 0 Å². The lowest BCUT2D eigenvalue weighted by molar-refractivity contribution is -0.173. The molecule has 0 saturated carbocycles. The second kappa shape index (κ2) is 6.46. The SMILES string of the molecule is Oc1ccc(CNCCOCC(F)(F)F)cc1. The summed E-state index contributed by atoms with van der Waals surface area (Å²) in [5.41, 5.74) is 0.943. The highest BCUT2D eigenvalue weighted by Crippen LogP contribution is 2.14. The second-order valence-electron chi connectivity index (χ2n) is 3.51. The molecule has 0 bridgehead atoms. The molecular weight excluding hydrogens is 235 g/mol. The zero-order valence-corrected chi connectivity index (χ0v) is 9.13. The van der Waals surface area contributed by atoms with E-state index in [0.29, 0.717) is 13.1 Å². The minimum absolute atomic E-state index is 0.0115. The third kappa shape index (κ3) is 6.80. The van der Waals surface area contributed by atoms with Crippen molar-refractivity contribution in [2.45, 2.75) is 12.7 Å². The molecule has 0 radical (unpaired) electrons. The molecule has 0 unspecified atom stereocenters. The number of alkyl halides is 3. The van der Waals surface area contributed by atoms with Crippen molar-refractivity contribution in [2.24, 2.45) is 0 Å². The zero-order valence-electron chi connectivity index (χ0n) is 9.13. The number of hydrogen-bond donors (Lipinski definition) is 2. The minimum atomic E-state index is -4.27. The number of rotatable bonds is 6. The van der Waals surface area contributed by atoms with Gasteiger partial charge in [0.25, 0.3) is 0 Å². The Kier molecular flexibility index (Phi) is 5.24. The summed E-state index contributed by atoms with van der Waals surface area (Å²) in [7, 11) is 0. The van der Waals surface area contributed by atoms with Gasteiger partial charge in [0.05, 0.1) is 6.61 Å². The first kappa shape index (κ1) is 13.8. The predicted octanol–water partition coefficient (Wildman–Crippen LogP) is 2.06. The van der Waals surface area contributed by atoms with Gasteiger partial charge in [-0.25, -0.2) is 0 Å². The van der Waals surface area contributed by atoms with Gasteiger partial charge in [-0.15, -0.1) is 0 Å². The fraction of sp³-hybridized carbons (Fsp3) is 0.455. The standard InChI is InChI=1S/C11H14F3NO2/c12-11(13,14)8-17-6-5-15-7-9-1-3-10(16)4-2-9/h1-4,15-16H,5-8H2. The molecule has 1 aromatic carbocycles. The first-order valence-corrected chi connectivity index (χ1v) is 5.10. The largest absolute Gasteiger partial charge is 0.508 e. The lowest BCUT2D eigenvalue weighted by Crippen LogP contribution is -2.23. The quantitative estimate of drug-likeness (QED) is 0.758. The molecule has 2 N–H and O–H groups in total. The highest BCUT2D eigenvalue weighted by Gasteiger charge is 2.27. The van der Waals surface area contributed by atoms with E-state index < -0.39 is 12.8 Å². The molecule has 0 atom stereocenters. The normalized spacial score (nSPS) is 11.7. The van der Waals surface area contributed by atoms with Crippen molar-refractivity contribution in [2.75, 3.05) is 19.8 Å². The van der Waals surface area contributed by atoms with Crippen molar-refractivity contribution in [3.05, 3.63) is 29.8 Å². The van der Waals surface area contributed by atoms with Crippen LogP contribution in [0, 0.1) is 0 Å². The van der Waals surface area contributed by atoms with Gasteiger partial charge in [0.1, 0.15) is 12.4 Å². The second-order valence-corrected chi connectivity index (χ2v) is 3.51. The predicted molar refractivity (Wildman–Crippen MR) is 56.7 cm³/mol. The van der Waals surface area contributed by atoms with Crippen LogP contribution in [0.25, 0.3) is 0 Å². The molecule has 96 valence electrons. The fourth-order valence-electron chi connectivity index (χ4n) is 1.18. The Morgan fingerprint density at radius 2 is 1.82 bits per heavy atom. The molecule has 0 aromatic heterocycles. The van der Waals surface area contributed by atoms with Gasteiger partial charge in [0.2, 0.25) is 0 Å². The van der Waals surface area contributed by atoms with Crippen LogP contribution in [0.3, 0.4) is 0 Å². The van der Waals surface area contributed by atoms with Crippen molar-refractivity contribution in [3.63, 3.8) is 0 Å².